The molecular weight excluding hydrogens is 224 g/mol. The fourth-order valence-corrected chi connectivity index (χ4v) is 2.56. The Balaban J connectivity index is 2.40. The molecule has 0 radical (unpaired) electrons. The van der Waals surface area contributed by atoms with Crippen LogP contribution in [0.3, 0.4) is 0 Å². The Morgan fingerprint density at radius 2 is 2.17 bits per heavy atom. The maximum atomic E-state index is 7.70. The zero-order valence-corrected chi connectivity index (χ0v) is 11.2. The summed E-state index contributed by atoms with van der Waals surface area (Å²) < 4.78 is 0. The number of aromatic nitrogens is 1. The minimum Gasteiger partial charge on any atom is -0.384 e. The van der Waals surface area contributed by atoms with Gasteiger partial charge in [0.05, 0.1) is 5.56 Å². The summed E-state index contributed by atoms with van der Waals surface area (Å²) in [7, 11) is 0. The number of amidine groups is 1. The molecular formula is C14H22N4. The van der Waals surface area contributed by atoms with E-state index >= 15 is 0 Å². The molecule has 4 nitrogen and oxygen atoms in total. The zero-order chi connectivity index (χ0) is 13.1. The molecule has 2 rings (SSSR count). The van der Waals surface area contributed by atoms with Crippen LogP contribution in [0.4, 0.5) is 5.82 Å². The van der Waals surface area contributed by atoms with E-state index in [0.717, 1.165) is 23.6 Å². The second kappa shape index (κ2) is 5.38. The van der Waals surface area contributed by atoms with Gasteiger partial charge in [-0.15, -0.1) is 0 Å². The number of nitrogen functional groups attached to an aromatic ring is 1. The molecule has 1 aliphatic heterocycles. The fourth-order valence-electron chi connectivity index (χ4n) is 2.56. The highest BCUT2D eigenvalue weighted by atomic mass is 15.2. The van der Waals surface area contributed by atoms with Crippen LogP contribution < -0.4 is 10.6 Å². The molecule has 0 saturated carbocycles. The monoisotopic (exact) mass is 246 g/mol. The second-order valence-corrected chi connectivity index (χ2v) is 5.13. The third-order valence-corrected chi connectivity index (χ3v) is 3.63. The molecule has 0 bridgehead atoms. The summed E-state index contributed by atoms with van der Waals surface area (Å²) in [5, 5.41) is 7.70. The Morgan fingerprint density at radius 1 is 1.39 bits per heavy atom. The van der Waals surface area contributed by atoms with E-state index in [1.54, 1.807) is 0 Å². The van der Waals surface area contributed by atoms with Crippen LogP contribution in [0.5, 0.6) is 0 Å². The molecule has 1 aromatic heterocycles. The molecule has 0 amide bonds. The first-order chi connectivity index (χ1) is 8.59. The van der Waals surface area contributed by atoms with Gasteiger partial charge in [0.15, 0.2) is 0 Å². The van der Waals surface area contributed by atoms with E-state index < -0.39 is 0 Å². The van der Waals surface area contributed by atoms with Crippen LogP contribution in [0.25, 0.3) is 0 Å². The van der Waals surface area contributed by atoms with E-state index in [1.807, 2.05) is 19.1 Å². The van der Waals surface area contributed by atoms with Gasteiger partial charge in [-0.25, -0.2) is 4.98 Å². The summed E-state index contributed by atoms with van der Waals surface area (Å²) in [6.07, 6.45) is 4.94. The standard InChI is InChI=1S/C14H22N4/c1-10-7-8-12(13(15)16)14(17-10)18-9-5-3-4-6-11(18)2/h7-8,11H,3-6,9H2,1-2H3,(H3,15,16). The van der Waals surface area contributed by atoms with Gasteiger partial charge in [-0.05, 0) is 38.8 Å². The van der Waals surface area contributed by atoms with Gasteiger partial charge in [0, 0.05) is 18.3 Å². The van der Waals surface area contributed by atoms with Crippen molar-refractivity contribution in [3.63, 3.8) is 0 Å². The van der Waals surface area contributed by atoms with Crippen LogP contribution in [0.2, 0.25) is 0 Å². The van der Waals surface area contributed by atoms with E-state index in [-0.39, 0.29) is 5.84 Å². The highest BCUT2D eigenvalue weighted by molar-refractivity contribution is 5.99. The van der Waals surface area contributed by atoms with Crippen molar-refractivity contribution >= 4 is 11.7 Å². The van der Waals surface area contributed by atoms with Crippen molar-refractivity contribution in [3.05, 3.63) is 23.4 Å². The number of nitrogens with zero attached hydrogens (tertiary/aromatic N) is 2. The van der Waals surface area contributed by atoms with Gasteiger partial charge in [0.25, 0.3) is 0 Å². The second-order valence-electron chi connectivity index (χ2n) is 5.13. The fraction of sp³-hybridized carbons (Fsp3) is 0.571. The van der Waals surface area contributed by atoms with Crippen LogP contribution in [0.1, 0.15) is 43.9 Å². The average Bonchev–Trinajstić information content (AvgIpc) is 2.53. The predicted octanol–water partition coefficient (Wildman–Crippen LogP) is 2.44. The Morgan fingerprint density at radius 3 is 2.89 bits per heavy atom. The Bertz CT molecular complexity index is 441. The SMILES string of the molecule is Cc1ccc(C(=N)N)c(N2CCCCCC2C)n1. The van der Waals surface area contributed by atoms with E-state index in [0.29, 0.717) is 6.04 Å². The first-order valence-electron chi connectivity index (χ1n) is 6.68. The van der Waals surface area contributed by atoms with E-state index in [1.165, 1.54) is 25.7 Å². The number of nitrogens with one attached hydrogen (secondary N) is 1. The van der Waals surface area contributed by atoms with Gasteiger partial charge >= 0.3 is 0 Å². The molecule has 1 saturated heterocycles. The van der Waals surface area contributed by atoms with Crippen molar-refractivity contribution in [2.75, 3.05) is 11.4 Å². The van der Waals surface area contributed by atoms with Crippen molar-refractivity contribution in [2.45, 2.75) is 45.6 Å². The molecule has 1 aliphatic rings. The van der Waals surface area contributed by atoms with E-state index in [4.69, 9.17) is 11.1 Å². The summed E-state index contributed by atoms with van der Waals surface area (Å²) in [5.41, 5.74) is 7.41. The quantitative estimate of drug-likeness (QED) is 0.622. The lowest BCUT2D eigenvalue weighted by Gasteiger charge is -2.30. The number of hydrogen-bond acceptors (Lipinski definition) is 3. The summed E-state index contributed by atoms with van der Waals surface area (Å²) >= 11 is 0. The normalized spacial score (nSPS) is 20.6. The Kier molecular flexibility index (Phi) is 3.84. The van der Waals surface area contributed by atoms with E-state index in [2.05, 4.69) is 16.8 Å². The highest BCUT2D eigenvalue weighted by Crippen LogP contribution is 2.25. The molecule has 1 unspecified atom stereocenters. The molecule has 1 fully saturated rings. The number of anilines is 1. The van der Waals surface area contributed by atoms with Gasteiger partial charge in [0.1, 0.15) is 11.7 Å². The Hall–Kier alpha value is -1.58. The zero-order valence-electron chi connectivity index (χ0n) is 11.2. The number of hydrogen-bond donors (Lipinski definition) is 2. The topological polar surface area (TPSA) is 66.0 Å². The molecule has 0 aromatic carbocycles. The summed E-state index contributed by atoms with van der Waals surface area (Å²) in [5.74, 6) is 0.992. The van der Waals surface area contributed by atoms with Crippen LogP contribution in [0.15, 0.2) is 12.1 Å². The van der Waals surface area contributed by atoms with Gasteiger partial charge < -0.3 is 10.6 Å². The number of pyridine rings is 1. The van der Waals surface area contributed by atoms with Crippen LogP contribution in [-0.2, 0) is 0 Å². The summed E-state index contributed by atoms with van der Waals surface area (Å²) in [6, 6.07) is 4.31. The highest BCUT2D eigenvalue weighted by Gasteiger charge is 2.21. The number of nitrogens with two attached hydrogens (primary N) is 1. The minimum atomic E-state index is 0.106. The smallest absolute Gasteiger partial charge is 0.140 e. The van der Waals surface area contributed by atoms with Gasteiger partial charge in [-0.3, -0.25) is 5.41 Å². The largest absolute Gasteiger partial charge is 0.384 e. The molecule has 1 atom stereocenters. The third kappa shape index (κ3) is 2.63. The van der Waals surface area contributed by atoms with Crippen molar-refractivity contribution in [2.24, 2.45) is 5.73 Å². The van der Waals surface area contributed by atoms with E-state index in [9.17, 15) is 0 Å². The van der Waals surface area contributed by atoms with Crippen molar-refractivity contribution in [1.29, 1.82) is 5.41 Å². The molecule has 2 heterocycles. The minimum absolute atomic E-state index is 0.106. The lowest BCUT2D eigenvalue weighted by molar-refractivity contribution is 0.610. The molecule has 18 heavy (non-hydrogen) atoms. The van der Waals surface area contributed by atoms with Crippen molar-refractivity contribution in [1.82, 2.24) is 4.98 Å². The molecule has 0 aliphatic carbocycles. The summed E-state index contributed by atoms with van der Waals surface area (Å²) in [6.45, 7) is 5.23. The maximum absolute atomic E-state index is 7.70. The van der Waals surface area contributed by atoms with Gasteiger partial charge in [0.2, 0.25) is 0 Å². The summed E-state index contributed by atoms with van der Waals surface area (Å²) in [4.78, 5) is 6.93. The first-order valence-corrected chi connectivity index (χ1v) is 6.68. The van der Waals surface area contributed by atoms with Crippen molar-refractivity contribution < 1.29 is 0 Å². The lowest BCUT2D eigenvalue weighted by atomic mass is 10.1. The third-order valence-electron chi connectivity index (χ3n) is 3.63. The molecule has 4 heteroatoms. The Labute approximate surface area is 109 Å². The molecule has 98 valence electrons. The van der Waals surface area contributed by atoms with Crippen molar-refractivity contribution in [3.8, 4) is 0 Å². The molecule has 1 aromatic rings. The predicted molar refractivity (Wildman–Crippen MR) is 75.3 cm³/mol. The van der Waals surface area contributed by atoms with Crippen LogP contribution in [0, 0.1) is 12.3 Å². The molecule has 3 N–H and O–H groups in total. The lowest BCUT2D eigenvalue weighted by Crippen LogP contribution is -2.35. The number of rotatable bonds is 2. The van der Waals surface area contributed by atoms with Crippen LogP contribution in [-0.4, -0.2) is 23.4 Å². The number of aryl methyl sites for hydroxylation is 1. The van der Waals surface area contributed by atoms with Gasteiger partial charge in [-0.1, -0.05) is 12.8 Å². The first kappa shape index (κ1) is 12.9. The molecule has 0 spiro atoms. The maximum Gasteiger partial charge on any atom is 0.140 e. The average molecular weight is 246 g/mol. The van der Waals surface area contributed by atoms with Gasteiger partial charge in [-0.2, -0.15) is 0 Å². The van der Waals surface area contributed by atoms with Crippen LogP contribution >= 0.6 is 0 Å².